The molecule has 0 heterocycles. The number of anilines is 1. The van der Waals surface area contributed by atoms with Crippen molar-refractivity contribution < 1.29 is 32.7 Å². The molecule has 0 bridgehead atoms. The minimum atomic E-state index is -4.49. The van der Waals surface area contributed by atoms with Gasteiger partial charge in [-0.2, -0.15) is 13.2 Å². The van der Waals surface area contributed by atoms with Gasteiger partial charge in [0.25, 0.3) is 0 Å². The van der Waals surface area contributed by atoms with E-state index < -0.39 is 47.6 Å². The molecule has 0 fully saturated rings. The maximum atomic E-state index is 13.2. The van der Waals surface area contributed by atoms with Crippen LogP contribution >= 0.6 is 0 Å². The summed E-state index contributed by atoms with van der Waals surface area (Å²) in [5, 5.41) is 17.3. The number of rotatable bonds is 12. The zero-order valence-corrected chi connectivity index (χ0v) is 20.4. The smallest absolute Gasteiger partial charge is 0.416 e. The van der Waals surface area contributed by atoms with Crippen molar-refractivity contribution >= 4 is 23.5 Å². The molecule has 2 aromatic carbocycles. The van der Waals surface area contributed by atoms with E-state index in [0.29, 0.717) is 12.8 Å². The third kappa shape index (κ3) is 9.33. The highest BCUT2D eigenvalue weighted by atomic mass is 19.4. The van der Waals surface area contributed by atoms with Gasteiger partial charge in [-0.05, 0) is 61.9 Å². The third-order valence-corrected chi connectivity index (χ3v) is 5.52. The first kappa shape index (κ1) is 28.8. The first-order chi connectivity index (χ1) is 16.9. The van der Waals surface area contributed by atoms with E-state index in [2.05, 4.69) is 16.0 Å². The van der Waals surface area contributed by atoms with Crippen molar-refractivity contribution in [1.29, 1.82) is 0 Å². The van der Waals surface area contributed by atoms with Crippen LogP contribution in [0.4, 0.5) is 18.9 Å². The molecule has 36 heavy (non-hydrogen) atoms. The van der Waals surface area contributed by atoms with E-state index in [1.807, 2.05) is 44.2 Å². The van der Waals surface area contributed by atoms with Gasteiger partial charge in [0.1, 0.15) is 12.1 Å². The second-order valence-corrected chi connectivity index (χ2v) is 9.06. The van der Waals surface area contributed by atoms with Crippen molar-refractivity contribution in [1.82, 2.24) is 10.6 Å². The molecule has 0 aromatic heterocycles. The quantitative estimate of drug-likeness (QED) is 0.344. The topological polar surface area (TPSA) is 108 Å². The molecule has 4 N–H and O–H groups in total. The summed E-state index contributed by atoms with van der Waals surface area (Å²) in [6, 6.07) is 10.6. The second-order valence-electron chi connectivity index (χ2n) is 9.06. The molecule has 2 amide bonds. The first-order valence-corrected chi connectivity index (χ1v) is 11.7. The summed E-state index contributed by atoms with van der Waals surface area (Å²) in [6.45, 7) is 5.15. The number of hydrogen-bond donors (Lipinski definition) is 4. The maximum Gasteiger partial charge on any atom is 0.416 e. The lowest BCUT2D eigenvalue weighted by Crippen LogP contribution is -2.54. The van der Waals surface area contributed by atoms with E-state index in [4.69, 9.17) is 0 Å². The predicted octanol–water partition coefficient (Wildman–Crippen LogP) is 4.24. The average Bonchev–Trinajstić information content (AvgIpc) is 2.81. The summed E-state index contributed by atoms with van der Waals surface area (Å²) in [5.74, 6) is -2.22. The fourth-order valence-electron chi connectivity index (χ4n) is 3.57. The number of carbonyl (C=O) groups is 3. The van der Waals surface area contributed by atoms with E-state index in [1.165, 1.54) is 6.92 Å². The Kier molecular flexibility index (Phi) is 10.5. The monoisotopic (exact) mass is 507 g/mol. The van der Waals surface area contributed by atoms with Crippen molar-refractivity contribution in [2.45, 2.75) is 64.3 Å². The van der Waals surface area contributed by atoms with Crippen LogP contribution in [-0.4, -0.2) is 41.0 Å². The standard InChI is InChI=1S/C26H32F3N3O4/c1-16(2)15-22(24(34)31-20-12-10-19(11-13-20)26(27,28)29)32-23(33)21(30-17(3)25(35)36)14-9-18-7-5-4-6-8-18/h4-8,10-13,16-17,21-22,30H,9,14-15H2,1-3H3,(H,31,34)(H,32,33)(H,35,36)/t17-,21+,22+/m1/s1. The van der Waals surface area contributed by atoms with Gasteiger partial charge in [0.15, 0.2) is 0 Å². The number of hydrogen-bond acceptors (Lipinski definition) is 4. The maximum absolute atomic E-state index is 13.2. The molecule has 3 atom stereocenters. The van der Waals surface area contributed by atoms with Crippen molar-refractivity contribution in [3.63, 3.8) is 0 Å². The number of alkyl halides is 3. The van der Waals surface area contributed by atoms with Crippen LogP contribution in [0.2, 0.25) is 0 Å². The van der Waals surface area contributed by atoms with Crippen molar-refractivity contribution in [2.75, 3.05) is 5.32 Å². The second kappa shape index (κ2) is 13.1. The summed E-state index contributed by atoms with van der Waals surface area (Å²) in [7, 11) is 0. The molecule has 10 heteroatoms. The van der Waals surface area contributed by atoms with Crippen LogP contribution in [0, 0.1) is 5.92 Å². The van der Waals surface area contributed by atoms with Crippen molar-refractivity contribution in [3.05, 3.63) is 65.7 Å². The lowest BCUT2D eigenvalue weighted by Gasteiger charge is -2.25. The highest BCUT2D eigenvalue weighted by Crippen LogP contribution is 2.29. The zero-order chi connectivity index (χ0) is 26.9. The molecule has 0 saturated heterocycles. The van der Waals surface area contributed by atoms with E-state index in [1.54, 1.807) is 0 Å². The molecular weight excluding hydrogens is 475 g/mol. The molecule has 0 saturated carbocycles. The molecule has 0 aliphatic heterocycles. The van der Waals surface area contributed by atoms with Gasteiger partial charge in [0.05, 0.1) is 11.6 Å². The molecule has 2 aromatic rings. The van der Waals surface area contributed by atoms with Gasteiger partial charge in [0.2, 0.25) is 11.8 Å². The lowest BCUT2D eigenvalue weighted by atomic mass is 10.0. The highest BCUT2D eigenvalue weighted by molar-refractivity contribution is 5.98. The summed E-state index contributed by atoms with van der Waals surface area (Å²) in [5.41, 5.74) is 0.292. The molecule has 0 aliphatic rings. The van der Waals surface area contributed by atoms with E-state index in [9.17, 15) is 32.7 Å². The van der Waals surface area contributed by atoms with Crippen molar-refractivity contribution in [2.24, 2.45) is 5.92 Å². The van der Waals surface area contributed by atoms with Crippen LogP contribution in [-0.2, 0) is 27.0 Å². The van der Waals surface area contributed by atoms with Gasteiger partial charge < -0.3 is 15.7 Å². The van der Waals surface area contributed by atoms with E-state index >= 15 is 0 Å². The first-order valence-electron chi connectivity index (χ1n) is 11.7. The Hall–Kier alpha value is -3.40. The van der Waals surface area contributed by atoms with Crippen LogP contribution in [0.25, 0.3) is 0 Å². The number of carboxylic acids is 1. The number of benzene rings is 2. The molecule has 0 radical (unpaired) electrons. The lowest BCUT2D eigenvalue weighted by molar-refractivity contribution is -0.140. The molecule has 2 rings (SSSR count). The van der Waals surface area contributed by atoms with Gasteiger partial charge >= 0.3 is 12.1 Å². The summed E-state index contributed by atoms with van der Waals surface area (Å²) < 4.78 is 38.4. The number of nitrogens with one attached hydrogen (secondary N) is 3. The SMILES string of the molecule is CC(C)C[C@H](NC(=O)[C@H](CCc1ccccc1)N[C@H](C)C(=O)O)C(=O)Nc1ccc(C(F)(F)F)cc1. The number of aryl methyl sites for hydroxylation is 1. The highest BCUT2D eigenvalue weighted by Gasteiger charge is 2.31. The average molecular weight is 508 g/mol. The van der Waals surface area contributed by atoms with Gasteiger partial charge in [0, 0.05) is 5.69 Å². The van der Waals surface area contributed by atoms with Gasteiger partial charge in [-0.25, -0.2) is 0 Å². The fraction of sp³-hybridized carbons (Fsp3) is 0.423. The van der Waals surface area contributed by atoms with Crippen LogP contribution in [0.5, 0.6) is 0 Å². The molecule has 196 valence electrons. The molecule has 0 spiro atoms. The number of carbonyl (C=O) groups excluding carboxylic acids is 2. The van der Waals surface area contributed by atoms with Crippen LogP contribution in [0.3, 0.4) is 0 Å². The Morgan fingerprint density at radius 2 is 1.50 bits per heavy atom. The molecule has 7 nitrogen and oxygen atoms in total. The van der Waals surface area contributed by atoms with Crippen LogP contribution in [0.15, 0.2) is 54.6 Å². The molecule has 0 unspecified atom stereocenters. The Morgan fingerprint density at radius 3 is 2.03 bits per heavy atom. The number of amides is 2. The van der Waals surface area contributed by atoms with Gasteiger partial charge in [-0.3, -0.25) is 19.7 Å². The fourth-order valence-corrected chi connectivity index (χ4v) is 3.57. The van der Waals surface area contributed by atoms with Crippen LogP contribution in [0.1, 0.15) is 44.7 Å². The number of carboxylic acid groups (broad SMARTS) is 1. The zero-order valence-electron chi connectivity index (χ0n) is 20.4. The summed E-state index contributed by atoms with van der Waals surface area (Å²) in [4.78, 5) is 37.5. The normalized spacial score (nSPS) is 14.1. The Morgan fingerprint density at radius 1 is 0.889 bits per heavy atom. The predicted molar refractivity (Wildman–Crippen MR) is 130 cm³/mol. The number of aliphatic carboxylic acids is 1. The van der Waals surface area contributed by atoms with Gasteiger partial charge in [-0.1, -0.05) is 44.2 Å². The Balaban J connectivity index is 2.14. The van der Waals surface area contributed by atoms with Crippen LogP contribution < -0.4 is 16.0 Å². The Bertz CT molecular complexity index is 1010. The van der Waals surface area contributed by atoms with E-state index in [0.717, 1.165) is 29.8 Å². The third-order valence-electron chi connectivity index (χ3n) is 5.52. The summed E-state index contributed by atoms with van der Waals surface area (Å²) in [6.07, 6.45) is -3.42. The summed E-state index contributed by atoms with van der Waals surface area (Å²) >= 11 is 0. The molecule has 0 aliphatic carbocycles. The van der Waals surface area contributed by atoms with E-state index in [-0.39, 0.29) is 18.0 Å². The van der Waals surface area contributed by atoms with Gasteiger partial charge in [-0.15, -0.1) is 0 Å². The minimum Gasteiger partial charge on any atom is -0.480 e. The molecular formula is C26H32F3N3O4. The van der Waals surface area contributed by atoms with Crippen molar-refractivity contribution in [3.8, 4) is 0 Å². The Labute approximate surface area is 208 Å². The largest absolute Gasteiger partial charge is 0.480 e. The number of halogens is 3. The minimum absolute atomic E-state index is 0.0160.